The Labute approximate surface area is 112 Å². The Morgan fingerprint density at radius 3 is 2.65 bits per heavy atom. The van der Waals surface area contributed by atoms with E-state index in [1.54, 1.807) is 0 Å². The van der Waals surface area contributed by atoms with Crippen LogP contribution in [0.15, 0.2) is 24.3 Å². The molecule has 0 aliphatic heterocycles. The fraction of sp³-hybridized carbons (Fsp3) is 0.462. The maximum Gasteiger partial charge on any atom is 0.227 e. The summed E-state index contributed by atoms with van der Waals surface area (Å²) in [4.78, 5) is 11.9. The number of carbonyl (C=O) groups excluding carboxylic acids is 1. The molecular weight excluding hydrogens is 257 g/mol. The van der Waals surface area contributed by atoms with Crippen LogP contribution in [0, 0.1) is 5.41 Å². The second-order valence-corrected chi connectivity index (χ2v) is 5.47. The highest BCUT2D eigenvalue weighted by molar-refractivity contribution is 6.30. The Kier molecular flexibility index (Phi) is 4.84. The Bertz CT molecular complexity index is 404. The predicted octanol–water partition coefficient (Wildman–Crippen LogP) is 3.78. The molecule has 0 spiro atoms. The van der Waals surface area contributed by atoms with Gasteiger partial charge in [0.05, 0.1) is 11.5 Å². The zero-order valence-electron chi connectivity index (χ0n) is 10.3. The molecule has 0 heterocycles. The van der Waals surface area contributed by atoms with Gasteiger partial charge in [-0.05, 0) is 38.5 Å². The summed E-state index contributed by atoms with van der Waals surface area (Å²) < 4.78 is 0. The molecule has 0 aliphatic carbocycles. The lowest BCUT2D eigenvalue weighted by Gasteiger charge is -2.24. The van der Waals surface area contributed by atoms with Crippen LogP contribution in [-0.4, -0.2) is 11.8 Å². The van der Waals surface area contributed by atoms with Gasteiger partial charge in [-0.3, -0.25) is 4.79 Å². The topological polar surface area (TPSA) is 29.1 Å². The second kappa shape index (κ2) is 5.74. The molecule has 0 saturated carbocycles. The van der Waals surface area contributed by atoms with Crippen LogP contribution in [0.1, 0.15) is 32.4 Å². The van der Waals surface area contributed by atoms with Crippen LogP contribution < -0.4 is 5.32 Å². The first-order valence-corrected chi connectivity index (χ1v) is 6.40. The number of hydrogen-bond donors (Lipinski definition) is 1. The standard InChI is InChI=1S/C13H17Cl2NO/c1-9(10-5-4-6-11(15)7-10)16-12(17)13(2,3)8-14/h4-7,9H,8H2,1-3H3,(H,16,17)/t9-/m1/s1. The van der Waals surface area contributed by atoms with Crippen molar-refractivity contribution in [1.29, 1.82) is 0 Å². The fourth-order valence-corrected chi connectivity index (χ4v) is 1.63. The third kappa shape index (κ3) is 3.90. The summed E-state index contributed by atoms with van der Waals surface area (Å²) in [6.45, 7) is 5.56. The normalized spacial score (nSPS) is 13.2. The fourth-order valence-electron chi connectivity index (χ4n) is 1.31. The van der Waals surface area contributed by atoms with Crippen LogP contribution in [0.4, 0.5) is 0 Å². The maximum absolute atomic E-state index is 11.9. The number of rotatable bonds is 4. The summed E-state index contributed by atoms with van der Waals surface area (Å²) in [6, 6.07) is 7.38. The molecule has 4 heteroatoms. The van der Waals surface area contributed by atoms with E-state index in [9.17, 15) is 4.79 Å². The van der Waals surface area contributed by atoms with Gasteiger partial charge in [0, 0.05) is 10.9 Å². The van der Waals surface area contributed by atoms with E-state index in [0.717, 1.165) is 5.56 Å². The van der Waals surface area contributed by atoms with Crippen molar-refractivity contribution >= 4 is 29.1 Å². The third-order valence-electron chi connectivity index (χ3n) is 2.65. The first-order valence-electron chi connectivity index (χ1n) is 5.49. The molecule has 0 aromatic heterocycles. The minimum absolute atomic E-state index is 0.0556. The van der Waals surface area contributed by atoms with Crippen molar-refractivity contribution in [1.82, 2.24) is 5.32 Å². The van der Waals surface area contributed by atoms with Crippen LogP contribution in [0.25, 0.3) is 0 Å². The van der Waals surface area contributed by atoms with Gasteiger partial charge in [-0.1, -0.05) is 23.7 Å². The Morgan fingerprint density at radius 2 is 2.12 bits per heavy atom. The Hall–Kier alpha value is -0.730. The molecule has 0 bridgehead atoms. The highest BCUT2D eigenvalue weighted by Crippen LogP contribution is 2.21. The highest BCUT2D eigenvalue weighted by Gasteiger charge is 2.27. The second-order valence-electron chi connectivity index (χ2n) is 4.77. The van der Waals surface area contributed by atoms with Crippen LogP contribution in [0.5, 0.6) is 0 Å². The average Bonchev–Trinajstić information content (AvgIpc) is 2.28. The first-order chi connectivity index (χ1) is 7.86. The van der Waals surface area contributed by atoms with Crippen molar-refractivity contribution in [3.05, 3.63) is 34.9 Å². The molecule has 0 unspecified atom stereocenters. The van der Waals surface area contributed by atoms with Gasteiger partial charge in [0.15, 0.2) is 0 Å². The van der Waals surface area contributed by atoms with E-state index in [-0.39, 0.29) is 11.9 Å². The van der Waals surface area contributed by atoms with Crippen molar-refractivity contribution in [2.45, 2.75) is 26.8 Å². The summed E-state index contributed by atoms with van der Waals surface area (Å²) in [5, 5.41) is 3.60. The zero-order valence-corrected chi connectivity index (χ0v) is 11.8. The smallest absolute Gasteiger partial charge is 0.227 e. The van der Waals surface area contributed by atoms with Gasteiger partial charge >= 0.3 is 0 Å². The monoisotopic (exact) mass is 273 g/mol. The zero-order chi connectivity index (χ0) is 13.1. The lowest BCUT2D eigenvalue weighted by atomic mass is 9.94. The predicted molar refractivity (Wildman–Crippen MR) is 72.5 cm³/mol. The number of halogens is 2. The molecule has 1 atom stereocenters. The molecule has 0 saturated heterocycles. The Balaban J connectivity index is 2.73. The molecule has 1 aromatic carbocycles. The van der Waals surface area contributed by atoms with Gasteiger partial charge in [-0.15, -0.1) is 11.6 Å². The highest BCUT2D eigenvalue weighted by atomic mass is 35.5. The minimum atomic E-state index is -0.561. The van der Waals surface area contributed by atoms with Crippen molar-refractivity contribution in [3.63, 3.8) is 0 Å². The van der Waals surface area contributed by atoms with E-state index in [0.29, 0.717) is 10.9 Å². The van der Waals surface area contributed by atoms with Crippen LogP contribution in [-0.2, 0) is 4.79 Å². The SMILES string of the molecule is C[C@@H](NC(=O)C(C)(C)CCl)c1cccc(Cl)c1. The van der Waals surface area contributed by atoms with Gasteiger partial charge in [-0.2, -0.15) is 0 Å². The van der Waals surface area contributed by atoms with E-state index in [1.165, 1.54) is 0 Å². The minimum Gasteiger partial charge on any atom is -0.349 e. The van der Waals surface area contributed by atoms with Crippen molar-refractivity contribution in [2.24, 2.45) is 5.41 Å². The van der Waals surface area contributed by atoms with Gasteiger partial charge < -0.3 is 5.32 Å². The van der Waals surface area contributed by atoms with E-state index in [1.807, 2.05) is 45.0 Å². The maximum atomic E-state index is 11.9. The van der Waals surface area contributed by atoms with Crippen molar-refractivity contribution < 1.29 is 4.79 Å². The van der Waals surface area contributed by atoms with E-state index in [2.05, 4.69) is 5.32 Å². The molecular formula is C13H17Cl2NO. The molecule has 94 valence electrons. The molecule has 1 amide bonds. The van der Waals surface area contributed by atoms with E-state index < -0.39 is 5.41 Å². The summed E-state index contributed by atoms with van der Waals surface area (Å²) in [7, 11) is 0. The molecule has 1 aromatic rings. The molecule has 1 N–H and O–H groups in total. The molecule has 0 aliphatic rings. The van der Waals surface area contributed by atoms with Crippen molar-refractivity contribution in [3.8, 4) is 0 Å². The van der Waals surface area contributed by atoms with Crippen LogP contribution in [0.2, 0.25) is 5.02 Å². The molecule has 0 radical (unpaired) electrons. The summed E-state index contributed by atoms with van der Waals surface area (Å²) in [5.41, 5.74) is 0.421. The number of benzene rings is 1. The first kappa shape index (κ1) is 14.3. The van der Waals surface area contributed by atoms with E-state index >= 15 is 0 Å². The summed E-state index contributed by atoms with van der Waals surface area (Å²) in [5.74, 6) is 0.237. The average molecular weight is 274 g/mol. The van der Waals surface area contributed by atoms with Crippen LogP contribution in [0.3, 0.4) is 0 Å². The third-order valence-corrected chi connectivity index (χ3v) is 3.55. The van der Waals surface area contributed by atoms with E-state index in [4.69, 9.17) is 23.2 Å². The Morgan fingerprint density at radius 1 is 1.47 bits per heavy atom. The van der Waals surface area contributed by atoms with Crippen molar-refractivity contribution in [2.75, 3.05) is 5.88 Å². The quantitative estimate of drug-likeness (QED) is 0.832. The lowest BCUT2D eigenvalue weighted by molar-refractivity contribution is -0.129. The molecule has 17 heavy (non-hydrogen) atoms. The summed E-state index contributed by atoms with van der Waals surface area (Å²) >= 11 is 11.7. The molecule has 2 nitrogen and oxygen atoms in total. The molecule has 0 fully saturated rings. The number of amides is 1. The van der Waals surface area contributed by atoms with Gasteiger partial charge in [0.1, 0.15) is 0 Å². The number of nitrogens with one attached hydrogen (secondary N) is 1. The molecule has 1 rings (SSSR count). The van der Waals surface area contributed by atoms with Gasteiger partial charge in [0.25, 0.3) is 0 Å². The largest absolute Gasteiger partial charge is 0.349 e. The lowest BCUT2D eigenvalue weighted by Crippen LogP contribution is -2.39. The number of carbonyl (C=O) groups is 1. The number of alkyl halides is 1. The van der Waals surface area contributed by atoms with Gasteiger partial charge in [-0.25, -0.2) is 0 Å². The van der Waals surface area contributed by atoms with Gasteiger partial charge in [0.2, 0.25) is 5.91 Å². The summed E-state index contributed by atoms with van der Waals surface area (Å²) in [6.07, 6.45) is 0. The van der Waals surface area contributed by atoms with Crippen LogP contribution >= 0.6 is 23.2 Å². The number of hydrogen-bond acceptors (Lipinski definition) is 1.